The molecule has 0 heterocycles. The number of nitriles is 1. The van der Waals surface area contributed by atoms with Gasteiger partial charge in [-0.1, -0.05) is 0 Å². The number of aliphatic hydroxyl groups excluding tert-OH is 1. The lowest BCUT2D eigenvalue weighted by atomic mass is 10.1. The molecule has 1 saturated carbocycles. The molecule has 0 aliphatic heterocycles. The number of hydrogen-bond acceptors (Lipinski definition) is 3. The molecular formula is C8H12N2O2. The van der Waals surface area contributed by atoms with Crippen LogP contribution >= 0.6 is 0 Å². The number of carbonyl (C=O) groups excluding carboxylic acids is 1. The number of aliphatic hydroxyl groups is 1. The molecule has 0 saturated heterocycles. The van der Waals surface area contributed by atoms with Gasteiger partial charge >= 0.3 is 0 Å². The average Bonchev–Trinajstić information content (AvgIpc) is 2.84. The Kier molecular flexibility index (Phi) is 2.34. The monoisotopic (exact) mass is 168 g/mol. The van der Waals surface area contributed by atoms with Gasteiger partial charge in [0.15, 0.2) is 0 Å². The summed E-state index contributed by atoms with van der Waals surface area (Å²) in [5.41, 5.74) is -0.774. The molecule has 1 aliphatic carbocycles. The van der Waals surface area contributed by atoms with Crippen molar-refractivity contribution in [3.05, 3.63) is 0 Å². The smallest absolute Gasteiger partial charge is 0.240 e. The summed E-state index contributed by atoms with van der Waals surface area (Å²) in [4.78, 5) is 11.3. The second-order valence-electron chi connectivity index (χ2n) is 3.25. The molecule has 4 nitrogen and oxygen atoms in total. The predicted octanol–water partition coefficient (Wildman–Crippen LogP) is -0.213. The lowest BCUT2D eigenvalue weighted by molar-refractivity contribution is -0.125. The zero-order chi connectivity index (χ0) is 9.19. The standard InChI is InChI=1S/C8H12N2O2/c1-6(4-11)10-7(12)8(5-9)2-3-8/h6,11H,2-4H2,1H3,(H,10,12)/t6-/m1/s1. The molecule has 0 bridgehead atoms. The van der Waals surface area contributed by atoms with Crippen molar-refractivity contribution >= 4 is 5.91 Å². The van der Waals surface area contributed by atoms with Gasteiger partial charge in [0.1, 0.15) is 5.41 Å². The van der Waals surface area contributed by atoms with Crippen LogP contribution < -0.4 is 5.32 Å². The van der Waals surface area contributed by atoms with Gasteiger partial charge in [-0.25, -0.2) is 0 Å². The van der Waals surface area contributed by atoms with Crippen LogP contribution in [0.5, 0.6) is 0 Å². The van der Waals surface area contributed by atoms with Crippen molar-refractivity contribution < 1.29 is 9.90 Å². The van der Waals surface area contributed by atoms with E-state index in [1.807, 2.05) is 6.07 Å². The van der Waals surface area contributed by atoms with Gasteiger partial charge in [-0.05, 0) is 19.8 Å². The van der Waals surface area contributed by atoms with E-state index >= 15 is 0 Å². The SMILES string of the molecule is C[C@H](CO)NC(=O)C1(C#N)CC1. The van der Waals surface area contributed by atoms with E-state index in [9.17, 15) is 4.79 Å². The average molecular weight is 168 g/mol. The van der Waals surface area contributed by atoms with Gasteiger partial charge in [0.25, 0.3) is 0 Å². The minimum Gasteiger partial charge on any atom is -0.394 e. The Labute approximate surface area is 71.2 Å². The fourth-order valence-corrected chi connectivity index (χ4v) is 0.922. The predicted molar refractivity (Wildman–Crippen MR) is 42.0 cm³/mol. The minimum absolute atomic E-state index is 0.0900. The summed E-state index contributed by atoms with van der Waals surface area (Å²) in [7, 11) is 0. The molecule has 0 aromatic rings. The van der Waals surface area contributed by atoms with Crippen LogP contribution in [0.4, 0.5) is 0 Å². The summed E-state index contributed by atoms with van der Waals surface area (Å²) in [6, 6.07) is 1.73. The van der Waals surface area contributed by atoms with E-state index in [0.29, 0.717) is 12.8 Å². The molecule has 0 aromatic heterocycles. The highest BCUT2D eigenvalue weighted by Crippen LogP contribution is 2.44. The van der Waals surface area contributed by atoms with Gasteiger partial charge in [0, 0.05) is 6.04 Å². The Morgan fingerprint density at radius 3 is 2.75 bits per heavy atom. The molecule has 2 N–H and O–H groups in total. The van der Waals surface area contributed by atoms with Gasteiger partial charge in [-0.2, -0.15) is 5.26 Å². The highest BCUT2D eigenvalue weighted by Gasteiger charge is 2.50. The molecule has 0 radical (unpaired) electrons. The van der Waals surface area contributed by atoms with Crippen molar-refractivity contribution in [1.82, 2.24) is 5.32 Å². The van der Waals surface area contributed by atoms with E-state index in [0.717, 1.165) is 0 Å². The van der Waals surface area contributed by atoms with E-state index in [4.69, 9.17) is 10.4 Å². The first-order valence-electron chi connectivity index (χ1n) is 3.98. The number of rotatable bonds is 3. The van der Waals surface area contributed by atoms with Crippen LogP contribution in [-0.2, 0) is 4.79 Å². The largest absolute Gasteiger partial charge is 0.394 e. The van der Waals surface area contributed by atoms with Crippen LogP contribution in [0.25, 0.3) is 0 Å². The van der Waals surface area contributed by atoms with Crippen molar-refractivity contribution in [2.75, 3.05) is 6.61 Å². The second kappa shape index (κ2) is 3.11. The van der Waals surface area contributed by atoms with Crippen LogP contribution in [0.15, 0.2) is 0 Å². The highest BCUT2D eigenvalue weighted by molar-refractivity contribution is 5.88. The van der Waals surface area contributed by atoms with Crippen molar-refractivity contribution in [2.45, 2.75) is 25.8 Å². The summed E-state index contributed by atoms with van der Waals surface area (Å²) in [6.45, 7) is 1.61. The molecule has 0 spiro atoms. The maximum absolute atomic E-state index is 11.3. The molecule has 66 valence electrons. The van der Waals surface area contributed by atoms with E-state index in [-0.39, 0.29) is 18.6 Å². The number of nitrogens with one attached hydrogen (secondary N) is 1. The van der Waals surface area contributed by atoms with Crippen LogP contribution in [0.1, 0.15) is 19.8 Å². The first-order valence-corrected chi connectivity index (χ1v) is 3.98. The molecule has 0 aromatic carbocycles. The lowest BCUT2D eigenvalue weighted by Gasteiger charge is -2.12. The Hall–Kier alpha value is -1.08. The number of nitrogens with zero attached hydrogens (tertiary/aromatic N) is 1. The first-order chi connectivity index (χ1) is 5.64. The quantitative estimate of drug-likeness (QED) is 0.612. The third-order valence-corrected chi connectivity index (χ3v) is 2.05. The summed E-state index contributed by atoms with van der Waals surface area (Å²) in [5.74, 6) is -0.244. The zero-order valence-electron chi connectivity index (χ0n) is 7.00. The molecule has 1 atom stereocenters. The minimum atomic E-state index is -0.774. The molecule has 12 heavy (non-hydrogen) atoms. The Balaban J connectivity index is 2.45. The summed E-state index contributed by atoms with van der Waals surface area (Å²) in [6.07, 6.45) is 1.29. The third-order valence-electron chi connectivity index (χ3n) is 2.05. The fraction of sp³-hybridized carbons (Fsp3) is 0.750. The molecule has 1 amide bonds. The molecule has 4 heteroatoms. The maximum atomic E-state index is 11.3. The van der Waals surface area contributed by atoms with Crippen LogP contribution in [0.2, 0.25) is 0 Å². The molecular weight excluding hydrogens is 156 g/mol. The van der Waals surface area contributed by atoms with Gasteiger partial charge in [-0.3, -0.25) is 4.79 Å². The number of hydrogen-bond donors (Lipinski definition) is 2. The van der Waals surface area contributed by atoms with Crippen molar-refractivity contribution in [2.24, 2.45) is 5.41 Å². The summed E-state index contributed by atoms with van der Waals surface area (Å²) in [5, 5.41) is 19.9. The maximum Gasteiger partial charge on any atom is 0.240 e. The molecule has 1 rings (SSSR count). The van der Waals surface area contributed by atoms with Gasteiger partial charge in [-0.15, -0.1) is 0 Å². The Morgan fingerprint density at radius 1 is 1.83 bits per heavy atom. The van der Waals surface area contributed by atoms with E-state index in [2.05, 4.69) is 5.32 Å². The van der Waals surface area contributed by atoms with Gasteiger partial charge < -0.3 is 10.4 Å². The van der Waals surface area contributed by atoms with Gasteiger partial charge in [0.05, 0.1) is 12.7 Å². The summed E-state index contributed by atoms with van der Waals surface area (Å²) >= 11 is 0. The molecule has 0 unspecified atom stereocenters. The third kappa shape index (κ3) is 1.56. The fourth-order valence-electron chi connectivity index (χ4n) is 0.922. The lowest BCUT2D eigenvalue weighted by Crippen LogP contribution is -2.39. The van der Waals surface area contributed by atoms with E-state index in [1.165, 1.54) is 0 Å². The van der Waals surface area contributed by atoms with Crippen LogP contribution in [0.3, 0.4) is 0 Å². The van der Waals surface area contributed by atoms with Crippen molar-refractivity contribution in [1.29, 1.82) is 5.26 Å². The van der Waals surface area contributed by atoms with E-state index in [1.54, 1.807) is 6.92 Å². The van der Waals surface area contributed by atoms with Crippen LogP contribution in [0, 0.1) is 16.7 Å². The topological polar surface area (TPSA) is 73.1 Å². The molecule has 1 aliphatic rings. The van der Waals surface area contributed by atoms with Crippen molar-refractivity contribution in [3.63, 3.8) is 0 Å². The Morgan fingerprint density at radius 2 is 2.42 bits per heavy atom. The Bertz CT molecular complexity index is 228. The first kappa shape index (κ1) is 9.01. The number of amides is 1. The van der Waals surface area contributed by atoms with Crippen LogP contribution in [-0.4, -0.2) is 23.7 Å². The van der Waals surface area contributed by atoms with Gasteiger partial charge in [0.2, 0.25) is 5.91 Å². The summed E-state index contributed by atoms with van der Waals surface area (Å²) < 4.78 is 0. The zero-order valence-corrected chi connectivity index (χ0v) is 7.00. The normalized spacial score (nSPS) is 20.8. The second-order valence-corrected chi connectivity index (χ2v) is 3.25. The molecule has 1 fully saturated rings. The van der Waals surface area contributed by atoms with Crippen molar-refractivity contribution in [3.8, 4) is 6.07 Å². The number of carbonyl (C=O) groups is 1. The van der Waals surface area contributed by atoms with E-state index < -0.39 is 5.41 Å². The highest BCUT2D eigenvalue weighted by atomic mass is 16.3.